The first kappa shape index (κ1) is 19.8. The third kappa shape index (κ3) is 4.08. The molecule has 0 heterocycles. The van der Waals surface area contributed by atoms with Crippen molar-refractivity contribution in [3.8, 4) is 0 Å². The zero-order valence-electron chi connectivity index (χ0n) is 15.6. The Kier molecular flexibility index (Phi) is 6.44. The molecule has 0 spiro atoms. The van der Waals surface area contributed by atoms with Crippen molar-refractivity contribution in [2.24, 2.45) is 23.7 Å². The van der Waals surface area contributed by atoms with E-state index >= 15 is 0 Å². The number of thiol groups is 2. The van der Waals surface area contributed by atoms with Crippen molar-refractivity contribution < 1.29 is 0 Å². The van der Waals surface area contributed by atoms with Crippen molar-refractivity contribution in [2.75, 3.05) is 13.1 Å². The van der Waals surface area contributed by atoms with E-state index in [1.165, 1.54) is 64.2 Å². The van der Waals surface area contributed by atoms with Gasteiger partial charge < -0.3 is 9.80 Å². The summed E-state index contributed by atoms with van der Waals surface area (Å²) in [6.45, 7) is 2.11. The van der Waals surface area contributed by atoms with E-state index < -0.39 is 0 Å². The minimum atomic E-state index is 0.659. The van der Waals surface area contributed by atoms with Crippen LogP contribution in [-0.2, 0) is 0 Å². The third-order valence-electron chi connectivity index (χ3n) is 7.74. The maximum atomic E-state index is 5.48. The lowest BCUT2D eigenvalue weighted by molar-refractivity contribution is 0.212. The number of hydrogen-bond acceptors (Lipinski definition) is 2. The van der Waals surface area contributed by atoms with E-state index in [0.717, 1.165) is 45.4 Å². The Balaban J connectivity index is 1.26. The third-order valence-corrected chi connectivity index (χ3v) is 8.72. The summed E-state index contributed by atoms with van der Waals surface area (Å²) in [6, 6.07) is 1.32. The van der Waals surface area contributed by atoms with Gasteiger partial charge in [-0.2, -0.15) is 0 Å². The van der Waals surface area contributed by atoms with Crippen LogP contribution in [-0.4, -0.2) is 43.6 Å². The molecular weight excluding hydrogens is 397 g/mol. The van der Waals surface area contributed by atoms with Crippen LogP contribution in [0.4, 0.5) is 0 Å². The minimum Gasteiger partial charge on any atom is -0.354 e. The molecule has 0 N–H and O–H groups in total. The zero-order chi connectivity index (χ0) is 18.3. The van der Waals surface area contributed by atoms with Gasteiger partial charge in [-0.25, -0.2) is 0 Å². The van der Waals surface area contributed by atoms with E-state index in [9.17, 15) is 0 Å². The molecule has 4 aliphatic rings. The lowest BCUT2D eigenvalue weighted by Gasteiger charge is -2.37. The molecule has 0 aliphatic heterocycles. The van der Waals surface area contributed by atoms with Gasteiger partial charge in [0.1, 0.15) is 8.64 Å². The standard InChI is InChI=1S/C20H32N2S4/c23-19(24)21(17-11-13-3-5-15(17)9-13)7-1-2-8-22(20(25)26)18-12-14-4-6-16(18)10-14/h13-18H,1-12H2,(H,23,24)(H,25,26). The molecule has 0 saturated heterocycles. The number of fused-ring (bicyclic) bond motifs is 4. The van der Waals surface area contributed by atoms with Crippen molar-refractivity contribution in [1.82, 2.24) is 9.80 Å². The molecule has 6 atom stereocenters. The number of hydrogen-bond donors (Lipinski definition) is 2. The molecule has 0 amide bonds. The van der Waals surface area contributed by atoms with Crippen LogP contribution in [0.5, 0.6) is 0 Å². The lowest BCUT2D eigenvalue weighted by atomic mass is 9.94. The van der Waals surface area contributed by atoms with Gasteiger partial charge in [-0.15, -0.1) is 25.3 Å². The first-order valence-corrected chi connectivity index (χ1v) is 12.2. The predicted molar refractivity (Wildman–Crippen MR) is 124 cm³/mol. The molecule has 0 aromatic rings. The molecule has 0 aromatic carbocycles. The Morgan fingerprint density at radius 2 is 1.12 bits per heavy atom. The monoisotopic (exact) mass is 428 g/mol. The van der Waals surface area contributed by atoms with Crippen LogP contribution in [0.15, 0.2) is 0 Å². The fraction of sp³-hybridized carbons (Fsp3) is 0.900. The molecule has 26 heavy (non-hydrogen) atoms. The van der Waals surface area contributed by atoms with Crippen molar-refractivity contribution in [2.45, 2.75) is 76.3 Å². The van der Waals surface area contributed by atoms with E-state index in [4.69, 9.17) is 24.4 Å². The van der Waals surface area contributed by atoms with Gasteiger partial charge in [0.05, 0.1) is 0 Å². The first-order chi connectivity index (χ1) is 12.5. The SMILES string of the molecule is S=C(S)N(CCCCN(C(=S)S)C1CC2CCC1C2)C1CC2CCC1C2. The van der Waals surface area contributed by atoms with Gasteiger partial charge in [-0.3, -0.25) is 0 Å². The molecule has 6 heteroatoms. The van der Waals surface area contributed by atoms with E-state index in [2.05, 4.69) is 35.1 Å². The Morgan fingerprint density at radius 1 is 0.692 bits per heavy atom. The van der Waals surface area contributed by atoms with E-state index in [1.54, 1.807) is 0 Å². The molecule has 146 valence electrons. The van der Waals surface area contributed by atoms with Crippen LogP contribution in [0.1, 0.15) is 64.2 Å². The second kappa shape index (κ2) is 8.46. The molecular formula is C20H32N2S4. The fourth-order valence-corrected chi connectivity index (χ4v) is 7.51. The van der Waals surface area contributed by atoms with Crippen LogP contribution in [0, 0.1) is 23.7 Å². The highest BCUT2D eigenvalue weighted by molar-refractivity contribution is 8.11. The van der Waals surface area contributed by atoms with E-state index in [0.29, 0.717) is 12.1 Å². The highest BCUT2D eigenvalue weighted by Gasteiger charge is 2.43. The molecule has 2 nitrogen and oxygen atoms in total. The Hall–Kier alpha value is 0.480. The maximum Gasteiger partial charge on any atom is 0.133 e. The summed E-state index contributed by atoms with van der Waals surface area (Å²) in [5.74, 6) is 3.62. The Morgan fingerprint density at radius 3 is 1.38 bits per heavy atom. The van der Waals surface area contributed by atoms with Crippen LogP contribution >= 0.6 is 49.7 Å². The Labute approximate surface area is 180 Å². The second-order valence-electron chi connectivity index (χ2n) is 9.14. The number of rotatable bonds is 7. The topological polar surface area (TPSA) is 6.48 Å². The molecule has 4 bridgehead atoms. The van der Waals surface area contributed by atoms with Gasteiger partial charge in [-0.1, -0.05) is 37.3 Å². The first-order valence-electron chi connectivity index (χ1n) is 10.5. The summed E-state index contributed by atoms with van der Waals surface area (Å²) in [5, 5.41) is 0. The van der Waals surface area contributed by atoms with Gasteiger partial charge in [0, 0.05) is 25.2 Å². The Bertz CT molecular complexity index is 506. The second-order valence-corrected chi connectivity index (χ2v) is 11.4. The zero-order valence-corrected chi connectivity index (χ0v) is 19.0. The van der Waals surface area contributed by atoms with Crippen molar-refractivity contribution >= 4 is 58.3 Å². The quantitative estimate of drug-likeness (QED) is 0.328. The molecule has 6 unspecified atom stereocenters. The number of nitrogens with zero attached hydrogens (tertiary/aromatic N) is 2. The molecule has 0 radical (unpaired) electrons. The lowest BCUT2D eigenvalue weighted by Crippen LogP contribution is -2.43. The van der Waals surface area contributed by atoms with Crippen LogP contribution in [0.25, 0.3) is 0 Å². The molecule has 4 aliphatic carbocycles. The van der Waals surface area contributed by atoms with Crippen molar-refractivity contribution in [3.63, 3.8) is 0 Å². The highest BCUT2D eigenvalue weighted by Crippen LogP contribution is 2.48. The predicted octanol–water partition coefficient (Wildman–Crippen LogP) is 5.18. The summed E-state index contributed by atoms with van der Waals surface area (Å²) < 4.78 is 1.61. The van der Waals surface area contributed by atoms with Gasteiger partial charge >= 0.3 is 0 Å². The molecule has 4 fully saturated rings. The average Bonchev–Trinajstić information content (AvgIpc) is 3.38. The normalized spacial score (nSPS) is 37.3. The molecule has 4 rings (SSSR count). The van der Waals surface area contributed by atoms with Gasteiger partial charge in [0.15, 0.2) is 0 Å². The molecule has 4 saturated carbocycles. The number of thiocarbonyl (C=S) groups is 2. The van der Waals surface area contributed by atoms with Gasteiger partial charge in [-0.05, 0) is 75.0 Å². The van der Waals surface area contributed by atoms with Crippen molar-refractivity contribution in [3.05, 3.63) is 0 Å². The maximum absolute atomic E-state index is 5.48. The summed E-state index contributed by atoms with van der Waals surface area (Å²) in [5.41, 5.74) is 0. The minimum absolute atomic E-state index is 0.659. The van der Waals surface area contributed by atoms with E-state index in [-0.39, 0.29) is 0 Å². The van der Waals surface area contributed by atoms with Gasteiger partial charge in [0.2, 0.25) is 0 Å². The van der Waals surface area contributed by atoms with Crippen LogP contribution in [0.2, 0.25) is 0 Å². The summed E-state index contributed by atoms with van der Waals surface area (Å²) in [6.07, 6.45) is 13.5. The van der Waals surface area contributed by atoms with Crippen molar-refractivity contribution in [1.29, 1.82) is 0 Å². The van der Waals surface area contributed by atoms with E-state index in [1.807, 2.05) is 0 Å². The van der Waals surface area contributed by atoms with Crippen LogP contribution in [0.3, 0.4) is 0 Å². The summed E-state index contributed by atoms with van der Waals surface area (Å²) in [7, 11) is 0. The van der Waals surface area contributed by atoms with Crippen LogP contribution < -0.4 is 0 Å². The van der Waals surface area contributed by atoms with Gasteiger partial charge in [0.25, 0.3) is 0 Å². The summed E-state index contributed by atoms with van der Waals surface area (Å²) >= 11 is 20.1. The summed E-state index contributed by atoms with van der Waals surface area (Å²) in [4.78, 5) is 4.87. The highest BCUT2D eigenvalue weighted by atomic mass is 32.1. The smallest absolute Gasteiger partial charge is 0.133 e. The molecule has 0 aromatic heterocycles. The number of unbranched alkanes of at least 4 members (excludes halogenated alkanes) is 1. The average molecular weight is 429 g/mol. The fourth-order valence-electron chi connectivity index (χ4n) is 6.56. The largest absolute Gasteiger partial charge is 0.354 e.